The molecule has 0 aliphatic heterocycles. The van der Waals surface area contributed by atoms with Crippen LogP contribution in [0.25, 0.3) is 0 Å². The fourth-order valence-electron chi connectivity index (χ4n) is 4.53. The Labute approximate surface area is 244 Å². The van der Waals surface area contributed by atoms with Gasteiger partial charge in [0, 0.05) is 28.3 Å². The van der Waals surface area contributed by atoms with Gasteiger partial charge in [0.05, 0.1) is 63.7 Å². The third-order valence-electron chi connectivity index (χ3n) is 7.84. The Balaban J connectivity index is 1.64. The van der Waals surface area contributed by atoms with E-state index in [0.717, 1.165) is 22.7 Å². The largest absolute Gasteiger partial charge is 0.633 e. The molecule has 0 unspecified atom stereocenters. The zero-order valence-electron chi connectivity index (χ0n) is 25.0. The number of benzene rings is 3. The normalized spacial score (nSPS) is 11.8. The van der Waals surface area contributed by atoms with Gasteiger partial charge in [-0.2, -0.15) is 0 Å². The zero-order valence-corrected chi connectivity index (χ0v) is 25.0. The van der Waals surface area contributed by atoms with E-state index in [0.29, 0.717) is 69.3 Å². The number of nitrogens with zero attached hydrogens (tertiary/aromatic N) is 2. The average Bonchev–Trinajstić information content (AvgIpc) is 2.99. The molecule has 224 valence electrons. The predicted molar refractivity (Wildman–Crippen MR) is 170 cm³/mol. The Hall–Kier alpha value is -3.70. The second kappa shape index (κ2) is 14.3. The van der Waals surface area contributed by atoms with Gasteiger partial charge in [-0.15, -0.1) is 0 Å². The Morgan fingerprint density at radius 3 is 1.22 bits per heavy atom. The van der Waals surface area contributed by atoms with E-state index in [1.54, 1.807) is 13.0 Å². The van der Waals surface area contributed by atoms with E-state index in [1.165, 1.54) is 0 Å². The summed E-state index contributed by atoms with van der Waals surface area (Å²) in [6, 6.07) is 16.9. The van der Waals surface area contributed by atoms with Crippen molar-refractivity contribution in [2.75, 3.05) is 73.6 Å². The summed E-state index contributed by atoms with van der Waals surface area (Å²) < 4.78 is -0.436. The van der Waals surface area contributed by atoms with E-state index < -0.39 is 0 Å². The number of hydroxylamine groups is 6. The summed E-state index contributed by atoms with van der Waals surface area (Å²) in [6.45, 7) is 13.7. The van der Waals surface area contributed by atoms with Gasteiger partial charge in [0.25, 0.3) is 0 Å². The van der Waals surface area contributed by atoms with Gasteiger partial charge < -0.3 is 51.2 Å². The van der Waals surface area contributed by atoms with E-state index in [4.69, 9.17) is 0 Å². The molecular formula is C31H46N6O4. The molecule has 10 heteroatoms. The monoisotopic (exact) mass is 566 g/mol. The standard InChI is InChI=1S/C31H46N6O4/c1-6-36(40,7-2)20-18-32-24-10-14-26(15-11-24)34-28-22-29(31(39)23(5)30(28)38)35-27-16-12-25(13-17-27)33-19-21-37(41,8-3)9-4/h10-17,22,32-35,38-39H,6-9,18-21H2,1-5H3. The summed E-state index contributed by atoms with van der Waals surface area (Å²) in [7, 11) is 0. The number of anilines is 6. The molecule has 6 N–H and O–H groups in total. The molecule has 3 aromatic rings. The number of hydrogen-bond donors (Lipinski definition) is 6. The molecule has 10 nitrogen and oxygen atoms in total. The van der Waals surface area contributed by atoms with Crippen LogP contribution in [-0.2, 0) is 0 Å². The maximum Gasteiger partial charge on any atom is 0.145 e. The third-order valence-corrected chi connectivity index (χ3v) is 7.84. The molecule has 0 heterocycles. The number of rotatable bonds is 16. The molecule has 0 atom stereocenters. The van der Waals surface area contributed by atoms with Gasteiger partial charge in [-0.1, -0.05) is 0 Å². The van der Waals surface area contributed by atoms with Crippen LogP contribution in [-0.4, -0.2) is 71.9 Å². The highest BCUT2D eigenvalue weighted by Crippen LogP contribution is 2.42. The highest BCUT2D eigenvalue weighted by molar-refractivity contribution is 5.80. The smallest absolute Gasteiger partial charge is 0.145 e. The lowest BCUT2D eigenvalue weighted by Gasteiger charge is -2.41. The summed E-state index contributed by atoms with van der Waals surface area (Å²) in [4.78, 5) is 0. The highest BCUT2D eigenvalue weighted by atomic mass is 16.5. The van der Waals surface area contributed by atoms with Crippen molar-refractivity contribution in [2.24, 2.45) is 0 Å². The zero-order chi connectivity index (χ0) is 30.0. The third kappa shape index (κ3) is 8.64. The topological polar surface area (TPSA) is 135 Å². The molecule has 0 saturated heterocycles. The van der Waals surface area contributed by atoms with Gasteiger partial charge in [0.15, 0.2) is 0 Å². The summed E-state index contributed by atoms with van der Waals surface area (Å²) in [6.07, 6.45) is 0. The fraction of sp³-hybridized carbons (Fsp3) is 0.419. The van der Waals surface area contributed by atoms with Crippen molar-refractivity contribution in [2.45, 2.75) is 34.6 Å². The Morgan fingerprint density at radius 2 is 0.902 bits per heavy atom. The Morgan fingerprint density at radius 1 is 0.585 bits per heavy atom. The minimum absolute atomic E-state index is 0.0366. The summed E-state index contributed by atoms with van der Waals surface area (Å²) in [5.74, 6) is -0.0732. The lowest BCUT2D eigenvalue weighted by atomic mass is 10.1. The van der Waals surface area contributed by atoms with E-state index in [-0.39, 0.29) is 20.8 Å². The molecule has 3 aromatic carbocycles. The van der Waals surface area contributed by atoms with Crippen LogP contribution in [0.3, 0.4) is 0 Å². The number of aromatic hydroxyl groups is 2. The van der Waals surface area contributed by atoms with E-state index in [9.17, 15) is 20.6 Å². The van der Waals surface area contributed by atoms with E-state index >= 15 is 0 Å². The molecule has 0 bridgehead atoms. The second-order valence-corrected chi connectivity index (χ2v) is 10.4. The number of hydrogen-bond acceptors (Lipinski definition) is 8. The molecule has 0 aromatic heterocycles. The van der Waals surface area contributed by atoms with Crippen molar-refractivity contribution in [1.29, 1.82) is 0 Å². The van der Waals surface area contributed by atoms with Crippen molar-refractivity contribution in [3.05, 3.63) is 70.6 Å². The lowest BCUT2D eigenvalue weighted by Crippen LogP contribution is -2.44. The maximum absolute atomic E-state index is 12.4. The summed E-state index contributed by atoms with van der Waals surface area (Å²) in [5, 5.41) is 59.4. The van der Waals surface area contributed by atoms with Crippen molar-refractivity contribution < 1.29 is 19.5 Å². The van der Waals surface area contributed by atoms with Crippen molar-refractivity contribution in [3.8, 4) is 11.5 Å². The van der Waals surface area contributed by atoms with Crippen LogP contribution in [0.4, 0.5) is 34.1 Å². The van der Waals surface area contributed by atoms with Crippen LogP contribution in [0, 0.1) is 17.3 Å². The first kappa shape index (κ1) is 31.8. The summed E-state index contributed by atoms with van der Waals surface area (Å²) in [5.41, 5.74) is 4.59. The van der Waals surface area contributed by atoms with Gasteiger partial charge in [-0.05, 0) is 89.2 Å². The van der Waals surface area contributed by atoms with Crippen LogP contribution in [0.15, 0.2) is 54.6 Å². The van der Waals surface area contributed by atoms with Crippen LogP contribution in [0.5, 0.6) is 11.5 Å². The predicted octanol–water partition coefficient (Wildman–Crippen LogP) is 6.43. The molecular weight excluding hydrogens is 520 g/mol. The van der Waals surface area contributed by atoms with Gasteiger partial charge >= 0.3 is 0 Å². The molecule has 0 amide bonds. The van der Waals surface area contributed by atoms with Crippen LogP contribution in [0.2, 0.25) is 0 Å². The maximum atomic E-state index is 12.4. The summed E-state index contributed by atoms with van der Waals surface area (Å²) >= 11 is 0. The number of phenolic OH excluding ortho intramolecular Hbond substituents is 2. The quantitative estimate of drug-likeness (QED) is 0.0506. The SMILES string of the molecule is CC[N+]([O-])(CC)CCNc1ccc(Nc2cc(Nc3ccc(NCC[N+]([O-])(CC)CC)cc3)c(O)c(C)c2O)cc1. The number of quaternary nitrogens is 2. The lowest BCUT2D eigenvalue weighted by molar-refractivity contribution is -0.875. The van der Waals surface area contributed by atoms with Gasteiger partial charge in [0.1, 0.15) is 11.5 Å². The minimum Gasteiger partial charge on any atom is -0.633 e. The molecule has 0 saturated carbocycles. The molecule has 41 heavy (non-hydrogen) atoms. The minimum atomic E-state index is -0.218. The number of likely N-dealkylation sites (N-methyl/N-ethyl adjacent to an activating group) is 2. The highest BCUT2D eigenvalue weighted by Gasteiger charge is 2.16. The van der Waals surface area contributed by atoms with E-state index in [1.807, 2.05) is 76.2 Å². The van der Waals surface area contributed by atoms with E-state index in [2.05, 4.69) is 21.3 Å². The first-order valence-electron chi connectivity index (χ1n) is 14.5. The van der Waals surface area contributed by atoms with Crippen LogP contribution >= 0.6 is 0 Å². The first-order valence-corrected chi connectivity index (χ1v) is 14.5. The van der Waals surface area contributed by atoms with Gasteiger partial charge in [0.2, 0.25) is 0 Å². The first-order chi connectivity index (χ1) is 19.5. The van der Waals surface area contributed by atoms with Crippen molar-refractivity contribution in [3.63, 3.8) is 0 Å². The molecule has 0 fully saturated rings. The van der Waals surface area contributed by atoms with Crippen LogP contribution < -0.4 is 21.3 Å². The Kier molecular flexibility index (Phi) is 11.1. The molecule has 0 aliphatic rings. The second-order valence-electron chi connectivity index (χ2n) is 10.4. The van der Waals surface area contributed by atoms with Crippen LogP contribution in [0.1, 0.15) is 33.3 Å². The van der Waals surface area contributed by atoms with Crippen molar-refractivity contribution >= 4 is 34.1 Å². The van der Waals surface area contributed by atoms with Gasteiger partial charge in [-0.25, -0.2) is 0 Å². The van der Waals surface area contributed by atoms with Crippen molar-refractivity contribution in [1.82, 2.24) is 0 Å². The fourth-order valence-corrected chi connectivity index (χ4v) is 4.53. The molecule has 3 rings (SSSR count). The Bertz CT molecular complexity index is 1150. The average molecular weight is 567 g/mol. The van der Waals surface area contributed by atoms with Gasteiger partial charge in [-0.3, -0.25) is 0 Å². The number of phenols is 2. The number of nitrogens with one attached hydrogen (secondary N) is 4. The molecule has 0 aliphatic carbocycles. The molecule has 0 radical (unpaired) electrons. The molecule has 0 spiro atoms.